The van der Waals surface area contributed by atoms with Gasteiger partial charge in [0, 0.05) is 5.69 Å². The highest BCUT2D eigenvalue weighted by Gasteiger charge is 2.16. The first-order valence-corrected chi connectivity index (χ1v) is 5.61. The molecular weight excluding hydrogens is 202 g/mol. The van der Waals surface area contributed by atoms with E-state index in [9.17, 15) is 8.42 Å². The molecule has 0 spiro atoms. The molecule has 1 rings (SSSR count). The summed E-state index contributed by atoms with van der Waals surface area (Å²) in [7, 11) is -3.66. The third kappa shape index (κ3) is 2.71. The molecule has 1 aromatic carbocycles. The number of hydrogen-bond acceptors (Lipinski definition) is 4. The van der Waals surface area contributed by atoms with Crippen molar-refractivity contribution in [2.45, 2.75) is 24.8 Å². The number of anilines is 1. The van der Waals surface area contributed by atoms with Gasteiger partial charge < -0.3 is 5.73 Å². The van der Waals surface area contributed by atoms with Crippen LogP contribution < -0.4 is 5.73 Å². The van der Waals surface area contributed by atoms with Gasteiger partial charge in [-0.3, -0.25) is 4.18 Å². The highest BCUT2D eigenvalue weighted by atomic mass is 32.2. The SMILES string of the molecule is CC(C)OS(=O)(=O)c1cccc(N)c1. The van der Waals surface area contributed by atoms with Crippen molar-refractivity contribution in [2.24, 2.45) is 0 Å². The molecule has 1 aromatic rings. The molecule has 0 radical (unpaired) electrons. The summed E-state index contributed by atoms with van der Waals surface area (Å²) in [6, 6.07) is 6.02. The smallest absolute Gasteiger partial charge is 0.297 e. The van der Waals surface area contributed by atoms with Gasteiger partial charge in [-0.2, -0.15) is 8.42 Å². The molecule has 0 saturated carbocycles. The molecule has 5 heteroatoms. The number of hydrogen-bond donors (Lipinski definition) is 1. The minimum absolute atomic E-state index is 0.0891. The third-order valence-electron chi connectivity index (χ3n) is 1.47. The Morgan fingerprint density at radius 1 is 1.36 bits per heavy atom. The first-order valence-electron chi connectivity index (χ1n) is 4.20. The summed E-state index contributed by atoms with van der Waals surface area (Å²) >= 11 is 0. The lowest BCUT2D eigenvalue weighted by Gasteiger charge is -2.08. The van der Waals surface area contributed by atoms with Crippen LogP contribution >= 0.6 is 0 Å². The van der Waals surface area contributed by atoms with Crippen LogP contribution in [0.4, 0.5) is 5.69 Å². The van der Waals surface area contributed by atoms with Crippen molar-refractivity contribution in [3.63, 3.8) is 0 Å². The van der Waals surface area contributed by atoms with Gasteiger partial charge in [0.05, 0.1) is 11.0 Å². The largest absolute Gasteiger partial charge is 0.399 e. The van der Waals surface area contributed by atoms with Gasteiger partial charge in [-0.15, -0.1) is 0 Å². The Hall–Kier alpha value is -1.07. The second-order valence-electron chi connectivity index (χ2n) is 3.17. The maximum absolute atomic E-state index is 11.5. The Kier molecular flexibility index (Phi) is 3.13. The van der Waals surface area contributed by atoms with Gasteiger partial charge in [0.25, 0.3) is 10.1 Å². The predicted molar refractivity (Wildman–Crippen MR) is 54.3 cm³/mol. The summed E-state index contributed by atoms with van der Waals surface area (Å²) in [5.41, 5.74) is 5.87. The van der Waals surface area contributed by atoms with Crippen LogP contribution in [-0.2, 0) is 14.3 Å². The lowest BCUT2D eigenvalue weighted by Crippen LogP contribution is -2.12. The molecule has 0 bridgehead atoms. The van der Waals surface area contributed by atoms with E-state index < -0.39 is 10.1 Å². The van der Waals surface area contributed by atoms with Crippen LogP contribution in [-0.4, -0.2) is 14.5 Å². The maximum Gasteiger partial charge on any atom is 0.297 e. The zero-order chi connectivity index (χ0) is 10.8. The standard InChI is InChI=1S/C9H13NO3S/c1-7(2)13-14(11,12)9-5-3-4-8(10)6-9/h3-7H,10H2,1-2H3. The quantitative estimate of drug-likeness (QED) is 0.611. The molecule has 0 heterocycles. The maximum atomic E-state index is 11.5. The van der Waals surface area contributed by atoms with Crippen LogP contribution in [0.3, 0.4) is 0 Å². The number of nitrogens with two attached hydrogens (primary N) is 1. The van der Waals surface area contributed by atoms with Crippen molar-refractivity contribution in [1.82, 2.24) is 0 Å². The summed E-state index contributed by atoms with van der Waals surface area (Å²) in [6.45, 7) is 3.31. The second kappa shape index (κ2) is 3.98. The summed E-state index contributed by atoms with van der Waals surface area (Å²) in [5.74, 6) is 0. The first kappa shape index (κ1) is 11.0. The zero-order valence-corrected chi connectivity index (χ0v) is 8.91. The fourth-order valence-electron chi connectivity index (χ4n) is 0.979. The van der Waals surface area contributed by atoms with Crippen molar-refractivity contribution < 1.29 is 12.6 Å². The van der Waals surface area contributed by atoms with Crippen molar-refractivity contribution in [3.8, 4) is 0 Å². The fourth-order valence-corrected chi connectivity index (χ4v) is 2.12. The van der Waals surface area contributed by atoms with Gasteiger partial charge in [-0.1, -0.05) is 6.07 Å². The van der Waals surface area contributed by atoms with Crippen LogP contribution in [0.2, 0.25) is 0 Å². The molecule has 2 N–H and O–H groups in total. The van der Waals surface area contributed by atoms with E-state index in [1.54, 1.807) is 26.0 Å². The van der Waals surface area contributed by atoms with Gasteiger partial charge in [-0.05, 0) is 32.0 Å². The van der Waals surface area contributed by atoms with E-state index in [1.165, 1.54) is 12.1 Å². The molecule has 0 amide bonds. The normalized spacial score (nSPS) is 11.9. The van der Waals surface area contributed by atoms with E-state index in [1.807, 2.05) is 0 Å². The van der Waals surface area contributed by atoms with Crippen molar-refractivity contribution in [2.75, 3.05) is 5.73 Å². The number of nitrogen functional groups attached to an aromatic ring is 1. The molecular formula is C9H13NO3S. The molecule has 0 atom stereocenters. The molecule has 0 saturated heterocycles. The van der Waals surface area contributed by atoms with Crippen LogP contribution in [0, 0.1) is 0 Å². The molecule has 0 aromatic heterocycles. The lowest BCUT2D eigenvalue weighted by molar-refractivity contribution is 0.249. The predicted octanol–water partition coefficient (Wildman–Crippen LogP) is 1.38. The van der Waals surface area contributed by atoms with Gasteiger partial charge in [-0.25, -0.2) is 0 Å². The summed E-state index contributed by atoms with van der Waals surface area (Å²) in [5, 5.41) is 0. The van der Waals surface area contributed by atoms with Crippen molar-refractivity contribution in [3.05, 3.63) is 24.3 Å². The van der Waals surface area contributed by atoms with E-state index >= 15 is 0 Å². The molecule has 0 unspecified atom stereocenters. The van der Waals surface area contributed by atoms with Crippen LogP contribution in [0.15, 0.2) is 29.2 Å². The van der Waals surface area contributed by atoms with Gasteiger partial charge in [0.15, 0.2) is 0 Å². The Bertz CT molecular complexity index is 412. The summed E-state index contributed by atoms with van der Waals surface area (Å²) < 4.78 is 27.8. The minimum Gasteiger partial charge on any atom is -0.399 e. The Morgan fingerprint density at radius 3 is 2.50 bits per heavy atom. The topological polar surface area (TPSA) is 69.4 Å². The van der Waals surface area contributed by atoms with Gasteiger partial charge in [0.2, 0.25) is 0 Å². The van der Waals surface area contributed by atoms with Crippen LogP contribution in [0.25, 0.3) is 0 Å². The zero-order valence-electron chi connectivity index (χ0n) is 8.10. The highest BCUT2D eigenvalue weighted by molar-refractivity contribution is 7.86. The third-order valence-corrected chi connectivity index (χ3v) is 2.94. The van der Waals surface area contributed by atoms with E-state index in [0.717, 1.165) is 0 Å². The molecule has 0 aliphatic heterocycles. The van der Waals surface area contributed by atoms with E-state index in [4.69, 9.17) is 9.92 Å². The lowest BCUT2D eigenvalue weighted by atomic mass is 10.3. The molecule has 0 aliphatic rings. The average molecular weight is 215 g/mol. The number of benzene rings is 1. The van der Waals surface area contributed by atoms with E-state index in [2.05, 4.69) is 0 Å². The Labute approximate surface area is 83.8 Å². The molecule has 4 nitrogen and oxygen atoms in total. The van der Waals surface area contributed by atoms with Crippen molar-refractivity contribution in [1.29, 1.82) is 0 Å². The summed E-state index contributed by atoms with van der Waals surface area (Å²) in [4.78, 5) is 0.0891. The molecule has 78 valence electrons. The second-order valence-corrected chi connectivity index (χ2v) is 4.74. The first-order chi connectivity index (χ1) is 6.42. The van der Waals surface area contributed by atoms with Crippen LogP contribution in [0.1, 0.15) is 13.8 Å². The molecule has 0 fully saturated rings. The molecule has 0 aliphatic carbocycles. The van der Waals surface area contributed by atoms with E-state index in [0.29, 0.717) is 5.69 Å². The van der Waals surface area contributed by atoms with Gasteiger partial charge in [0.1, 0.15) is 0 Å². The Morgan fingerprint density at radius 2 is 2.00 bits per heavy atom. The van der Waals surface area contributed by atoms with Gasteiger partial charge >= 0.3 is 0 Å². The number of rotatable bonds is 3. The van der Waals surface area contributed by atoms with Crippen LogP contribution in [0.5, 0.6) is 0 Å². The fraction of sp³-hybridized carbons (Fsp3) is 0.333. The monoisotopic (exact) mass is 215 g/mol. The highest BCUT2D eigenvalue weighted by Crippen LogP contribution is 2.16. The average Bonchev–Trinajstić information content (AvgIpc) is 2.01. The summed E-state index contributed by atoms with van der Waals surface area (Å²) in [6.07, 6.45) is -0.374. The molecule has 14 heavy (non-hydrogen) atoms. The van der Waals surface area contributed by atoms with Crippen molar-refractivity contribution >= 4 is 15.8 Å². The Balaban J connectivity index is 3.05. The minimum atomic E-state index is -3.66. The van der Waals surface area contributed by atoms with E-state index in [-0.39, 0.29) is 11.0 Å².